The Hall–Kier alpha value is -2.59. The molecule has 1 aliphatic rings. The van der Waals surface area contributed by atoms with E-state index in [2.05, 4.69) is 11.9 Å². The molecule has 0 fully saturated rings. The molecular weight excluding hydrogens is 350 g/mol. The van der Waals surface area contributed by atoms with Gasteiger partial charge in [-0.05, 0) is 36.8 Å². The molecule has 1 heterocycles. The maximum absolute atomic E-state index is 12.2. The average Bonchev–Trinajstić information content (AvgIpc) is 3.01. The molecule has 0 aliphatic carbocycles. The summed E-state index contributed by atoms with van der Waals surface area (Å²) in [4.78, 5) is 16.5. The van der Waals surface area contributed by atoms with E-state index in [1.165, 1.54) is 0 Å². The highest BCUT2D eigenvalue weighted by Crippen LogP contribution is 2.25. The minimum absolute atomic E-state index is 0.240. The number of unbranched alkanes of at least 4 members (excludes halogenated alkanes) is 2. The summed E-state index contributed by atoms with van der Waals surface area (Å²) in [6, 6.07) is 14.6. The van der Waals surface area contributed by atoms with Gasteiger partial charge in [0.25, 0.3) is 0 Å². The second-order valence-corrected chi connectivity index (χ2v) is 6.38. The monoisotopic (exact) mass is 369 g/mol. The number of carbonyl (C=O) groups is 1. The molecule has 2 aromatic carbocycles. The molecule has 5 heteroatoms. The summed E-state index contributed by atoms with van der Waals surface area (Å²) in [5.74, 6) is 0.501. The maximum atomic E-state index is 12.2. The van der Waals surface area contributed by atoms with E-state index in [1.54, 1.807) is 30.3 Å². The number of ether oxygens (including phenoxy) is 2. The van der Waals surface area contributed by atoms with Crippen LogP contribution in [0.1, 0.15) is 37.3 Å². The Labute approximate surface area is 158 Å². The third-order valence-electron chi connectivity index (χ3n) is 3.91. The Morgan fingerprint density at radius 1 is 1.15 bits per heavy atom. The molecule has 0 radical (unpaired) electrons. The van der Waals surface area contributed by atoms with Gasteiger partial charge in [0.1, 0.15) is 5.75 Å². The van der Waals surface area contributed by atoms with Gasteiger partial charge in [-0.25, -0.2) is 9.79 Å². The molecule has 1 aliphatic heterocycles. The fourth-order valence-corrected chi connectivity index (χ4v) is 2.76. The van der Waals surface area contributed by atoms with Crippen LogP contribution in [-0.4, -0.2) is 18.5 Å². The normalized spacial score (nSPS) is 15.1. The van der Waals surface area contributed by atoms with Gasteiger partial charge in [0.15, 0.2) is 5.70 Å². The zero-order valence-corrected chi connectivity index (χ0v) is 15.3. The second-order valence-electron chi connectivity index (χ2n) is 5.94. The summed E-state index contributed by atoms with van der Waals surface area (Å²) in [5, 5.41) is 0.560. The molecule has 0 aromatic heterocycles. The SMILES string of the molecule is CCCCCOc1ccccc1/C=C1\N=C(c2cccc(Cl)c2)OC1=O. The van der Waals surface area contributed by atoms with Crippen molar-refractivity contribution in [2.24, 2.45) is 4.99 Å². The molecule has 0 unspecified atom stereocenters. The molecular formula is C21H20ClNO3. The van der Waals surface area contributed by atoms with Gasteiger partial charge >= 0.3 is 5.97 Å². The predicted octanol–water partition coefficient (Wildman–Crippen LogP) is 5.25. The number of hydrogen-bond donors (Lipinski definition) is 0. The smallest absolute Gasteiger partial charge is 0.363 e. The van der Waals surface area contributed by atoms with Crippen molar-refractivity contribution in [1.29, 1.82) is 0 Å². The van der Waals surface area contributed by atoms with Gasteiger partial charge in [-0.15, -0.1) is 0 Å². The quantitative estimate of drug-likeness (QED) is 0.380. The number of esters is 1. The van der Waals surface area contributed by atoms with Crippen LogP contribution in [0.3, 0.4) is 0 Å². The minimum Gasteiger partial charge on any atom is -0.493 e. The highest BCUT2D eigenvalue weighted by Gasteiger charge is 2.24. The number of carbonyl (C=O) groups excluding carboxylic acids is 1. The molecule has 0 bridgehead atoms. The Bertz CT molecular complexity index is 858. The van der Waals surface area contributed by atoms with E-state index >= 15 is 0 Å². The maximum Gasteiger partial charge on any atom is 0.363 e. The molecule has 134 valence electrons. The number of hydrogen-bond acceptors (Lipinski definition) is 4. The summed E-state index contributed by atoms with van der Waals surface area (Å²) in [7, 11) is 0. The molecule has 0 amide bonds. The number of cyclic esters (lactones) is 1. The third-order valence-corrected chi connectivity index (χ3v) is 4.14. The van der Waals surface area contributed by atoms with Crippen LogP contribution in [0.5, 0.6) is 5.75 Å². The molecule has 0 saturated heterocycles. The van der Waals surface area contributed by atoms with E-state index < -0.39 is 5.97 Å². The predicted molar refractivity (Wildman–Crippen MR) is 104 cm³/mol. The molecule has 4 nitrogen and oxygen atoms in total. The van der Waals surface area contributed by atoms with Crippen molar-refractivity contribution in [2.45, 2.75) is 26.2 Å². The Morgan fingerprint density at radius 2 is 2.00 bits per heavy atom. The summed E-state index contributed by atoms with van der Waals surface area (Å²) in [6.45, 7) is 2.80. The van der Waals surface area contributed by atoms with Gasteiger partial charge in [-0.1, -0.05) is 55.6 Å². The van der Waals surface area contributed by atoms with E-state index in [0.717, 1.165) is 30.6 Å². The van der Waals surface area contributed by atoms with Crippen LogP contribution in [0.2, 0.25) is 5.02 Å². The summed E-state index contributed by atoms with van der Waals surface area (Å²) < 4.78 is 11.1. The van der Waals surface area contributed by atoms with Gasteiger partial charge in [0.2, 0.25) is 5.90 Å². The Kier molecular flexibility index (Phi) is 6.08. The van der Waals surface area contributed by atoms with Crippen LogP contribution < -0.4 is 4.74 Å². The van der Waals surface area contributed by atoms with E-state index in [9.17, 15) is 4.79 Å². The fourth-order valence-electron chi connectivity index (χ4n) is 2.57. The van der Waals surface area contributed by atoms with Crippen LogP contribution in [0, 0.1) is 0 Å². The highest BCUT2D eigenvalue weighted by molar-refractivity contribution is 6.31. The number of nitrogens with zero attached hydrogens (tertiary/aromatic N) is 1. The number of halogens is 1. The average molecular weight is 370 g/mol. The molecule has 3 rings (SSSR count). The standard InChI is InChI=1S/C21H20ClNO3/c1-2-3-6-12-25-19-11-5-4-8-15(19)14-18-21(24)26-20(23-18)16-9-7-10-17(22)13-16/h4-5,7-11,13-14H,2-3,6,12H2,1H3/b18-14-. The van der Waals surface area contributed by atoms with Gasteiger partial charge in [-0.3, -0.25) is 0 Å². The summed E-state index contributed by atoms with van der Waals surface area (Å²) in [6.07, 6.45) is 4.96. The first-order chi connectivity index (χ1) is 12.7. The van der Waals surface area contributed by atoms with E-state index in [0.29, 0.717) is 17.2 Å². The lowest BCUT2D eigenvalue weighted by atomic mass is 10.1. The van der Waals surface area contributed by atoms with E-state index in [-0.39, 0.29) is 11.6 Å². The van der Waals surface area contributed by atoms with Gasteiger partial charge in [0, 0.05) is 16.1 Å². The zero-order chi connectivity index (χ0) is 18.4. The number of rotatable bonds is 7. The van der Waals surface area contributed by atoms with Crippen molar-refractivity contribution in [3.63, 3.8) is 0 Å². The van der Waals surface area contributed by atoms with Gasteiger partial charge < -0.3 is 9.47 Å². The summed E-state index contributed by atoms with van der Waals surface area (Å²) in [5.41, 5.74) is 1.70. The van der Waals surface area contributed by atoms with Crippen molar-refractivity contribution in [2.75, 3.05) is 6.61 Å². The molecule has 0 spiro atoms. The first-order valence-electron chi connectivity index (χ1n) is 8.67. The first-order valence-corrected chi connectivity index (χ1v) is 9.05. The third kappa shape index (κ3) is 4.52. The van der Waals surface area contributed by atoms with Crippen LogP contribution >= 0.6 is 11.6 Å². The van der Waals surface area contributed by atoms with Crippen LogP contribution in [0.4, 0.5) is 0 Å². The molecule has 0 N–H and O–H groups in total. The lowest BCUT2D eigenvalue weighted by Gasteiger charge is -2.08. The minimum atomic E-state index is -0.485. The Morgan fingerprint density at radius 3 is 2.81 bits per heavy atom. The van der Waals surface area contributed by atoms with Gasteiger partial charge in [0.05, 0.1) is 6.61 Å². The second kappa shape index (κ2) is 8.68. The Balaban J connectivity index is 1.82. The number of para-hydroxylation sites is 1. The van der Waals surface area contributed by atoms with Gasteiger partial charge in [-0.2, -0.15) is 0 Å². The molecule has 0 saturated carbocycles. The van der Waals surface area contributed by atoms with Crippen LogP contribution in [0.15, 0.2) is 59.2 Å². The van der Waals surface area contributed by atoms with Crippen molar-refractivity contribution in [3.8, 4) is 5.75 Å². The van der Waals surface area contributed by atoms with E-state index in [1.807, 2.05) is 24.3 Å². The van der Waals surface area contributed by atoms with Crippen molar-refractivity contribution in [1.82, 2.24) is 0 Å². The lowest BCUT2D eigenvalue weighted by Crippen LogP contribution is -2.05. The largest absolute Gasteiger partial charge is 0.493 e. The van der Waals surface area contributed by atoms with Crippen LogP contribution in [0.25, 0.3) is 6.08 Å². The zero-order valence-electron chi connectivity index (χ0n) is 14.6. The van der Waals surface area contributed by atoms with Crippen molar-refractivity contribution < 1.29 is 14.3 Å². The van der Waals surface area contributed by atoms with Crippen molar-refractivity contribution >= 4 is 29.5 Å². The highest BCUT2D eigenvalue weighted by atomic mass is 35.5. The van der Waals surface area contributed by atoms with Crippen molar-refractivity contribution in [3.05, 3.63) is 70.4 Å². The first kappa shape index (κ1) is 18.2. The topological polar surface area (TPSA) is 47.9 Å². The summed E-state index contributed by atoms with van der Waals surface area (Å²) >= 11 is 5.99. The lowest BCUT2D eigenvalue weighted by molar-refractivity contribution is -0.129. The number of benzene rings is 2. The molecule has 26 heavy (non-hydrogen) atoms. The fraction of sp³-hybridized carbons (Fsp3) is 0.238. The molecule has 0 atom stereocenters. The molecule has 2 aromatic rings. The number of aliphatic imine (C=N–C) groups is 1. The van der Waals surface area contributed by atoms with Crippen LogP contribution in [-0.2, 0) is 9.53 Å². The van der Waals surface area contributed by atoms with E-state index in [4.69, 9.17) is 21.1 Å².